The molecule has 0 saturated carbocycles. The van der Waals surface area contributed by atoms with Crippen LogP contribution in [0.15, 0.2) is 0 Å². The van der Waals surface area contributed by atoms with Crippen LogP contribution in [-0.4, -0.2) is 25.0 Å². The summed E-state index contributed by atoms with van der Waals surface area (Å²) in [4.78, 5) is 2.43. The molecule has 15 heavy (non-hydrogen) atoms. The minimum atomic E-state index is 0.791. The lowest BCUT2D eigenvalue weighted by molar-refractivity contribution is 0.177. The van der Waals surface area contributed by atoms with Crippen LogP contribution in [0.2, 0.25) is 0 Å². The summed E-state index contributed by atoms with van der Waals surface area (Å²) >= 11 is 0. The third-order valence-electron chi connectivity index (χ3n) is 3.43. The maximum atomic E-state index is 2.43. The van der Waals surface area contributed by atoms with E-state index >= 15 is 0 Å². The molecule has 0 bridgehead atoms. The van der Waals surface area contributed by atoms with E-state index in [0.717, 1.165) is 17.9 Å². The topological polar surface area (TPSA) is 3.24 Å². The smallest absolute Gasteiger partial charge is 0.0117 e. The van der Waals surface area contributed by atoms with Gasteiger partial charge in [0.2, 0.25) is 0 Å². The van der Waals surface area contributed by atoms with Gasteiger partial charge in [0, 0.05) is 6.04 Å². The Labute approximate surface area is 97.2 Å². The Morgan fingerprint density at radius 1 is 0.933 bits per heavy atom. The fourth-order valence-corrected chi connectivity index (χ4v) is 2.43. The lowest BCUT2D eigenvalue weighted by atomic mass is 9.86. The van der Waals surface area contributed by atoms with Crippen molar-refractivity contribution in [3.63, 3.8) is 0 Å². The van der Waals surface area contributed by atoms with E-state index in [1.54, 1.807) is 0 Å². The zero-order valence-corrected chi connectivity index (χ0v) is 11.7. The highest BCUT2D eigenvalue weighted by molar-refractivity contribution is 4.75. The van der Waals surface area contributed by atoms with Gasteiger partial charge in [-0.3, -0.25) is 0 Å². The Balaban J connectivity index is 4.18. The second-order valence-corrected chi connectivity index (χ2v) is 5.46. The lowest BCUT2D eigenvalue weighted by Crippen LogP contribution is -2.35. The van der Waals surface area contributed by atoms with Gasteiger partial charge in [0.05, 0.1) is 0 Å². The van der Waals surface area contributed by atoms with E-state index in [-0.39, 0.29) is 0 Å². The third kappa shape index (κ3) is 6.19. The minimum absolute atomic E-state index is 0.791. The van der Waals surface area contributed by atoms with E-state index in [9.17, 15) is 0 Å². The molecule has 0 aromatic heterocycles. The van der Waals surface area contributed by atoms with Gasteiger partial charge in [0.1, 0.15) is 0 Å². The molecule has 1 nitrogen and oxygen atoms in total. The maximum Gasteiger partial charge on any atom is 0.0117 e. The molecule has 0 rings (SSSR count). The first-order valence-electron chi connectivity index (χ1n) is 6.69. The Bertz CT molecular complexity index is 140. The van der Waals surface area contributed by atoms with E-state index < -0.39 is 0 Å². The summed E-state index contributed by atoms with van der Waals surface area (Å²) in [6.45, 7) is 9.30. The zero-order valence-electron chi connectivity index (χ0n) is 11.7. The lowest BCUT2D eigenvalue weighted by Gasteiger charge is -2.32. The van der Waals surface area contributed by atoms with Gasteiger partial charge in [-0.25, -0.2) is 0 Å². The van der Waals surface area contributed by atoms with Crippen molar-refractivity contribution >= 4 is 0 Å². The van der Waals surface area contributed by atoms with Crippen molar-refractivity contribution in [2.45, 2.75) is 65.8 Å². The van der Waals surface area contributed by atoms with Crippen LogP contribution in [0.4, 0.5) is 0 Å². The molecule has 0 heterocycles. The standard InChI is InChI=1S/C14H31N/c1-7-9-14(15(5)6)13(8-2)11-10-12(3)4/h12-14H,7-11H2,1-6H3. The molecule has 0 fully saturated rings. The van der Waals surface area contributed by atoms with E-state index in [0.29, 0.717) is 0 Å². The van der Waals surface area contributed by atoms with Crippen molar-refractivity contribution in [3.05, 3.63) is 0 Å². The van der Waals surface area contributed by atoms with Crippen LogP contribution in [0.1, 0.15) is 59.8 Å². The van der Waals surface area contributed by atoms with Crippen LogP contribution in [-0.2, 0) is 0 Å². The highest BCUT2D eigenvalue weighted by Crippen LogP contribution is 2.24. The molecule has 0 aliphatic heterocycles. The number of nitrogens with zero attached hydrogens (tertiary/aromatic N) is 1. The molecular weight excluding hydrogens is 182 g/mol. The van der Waals surface area contributed by atoms with Crippen molar-refractivity contribution in [1.29, 1.82) is 0 Å². The van der Waals surface area contributed by atoms with Gasteiger partial charge in [-0.2, -0.15) is 0 Å². The highest BCUT2D eigenvalue weighted by atomic mass is 15.1. The fraction of sp³-hybridized carbons (Fsp3) is 1.00. The SMILES string of the molecule is CCCC(C(CC)CCC(C)C)N(C)C. The quantitative estimate of drug-likeness (QED) is 0.584. The summed E-state index contributed by atoms with van der Waals surface area (Å²) in [5, 5.41) is 0. The van der Waals surface area contributed by atoms with Crippen molar-refractivity contribution in [1.82, 2.24) is 4.90 Å². The van der Waals surface area contributed by atoms with Gasteiger partial charge in [0.15, 0.2) is 0 Å². The molecular formula is C14H31N. The molecule has 0 N–H and O–H groups in total. The van der Waals surface area contributed by atoms with Gasteiger partial charge < -0.3 is 4.90 Å². The van der Waals surface area contributed by atoms with E-state index in [2.05, 4.69) is 46.7 Å². The maximum absolute atomic E-state index is 2.43. The molecule has 0 aromatic carbocycles. The number of hydrogen-bond acceptors (Lipinski definition) is 1. The van der Waals surface area contributed by atoms with Crippen LogP contribution >= 0.6 is 0 Å². The summed E-state index contributed by atoms with van der Waals surface area (Å²) in [6.07, 6.45) is 6.77. The van der Waals surface area contributed by atoms with Gasteiger partial charge in [-0.15, -0.1) is 0 Å². The summed E-state index contributed by atoms with van der Waals surface area (Å²) in [6, 6.07) is 0.791. The average Bonchev–Trinajstić information content (AvgIpc) is 2.16. The predicted molar refractivity (Wildman–Crippen MR) is 70.2 cm³/mol. The van der Waals surface area contributed by atoms with E-state index in [1.165, 1.54) is 32.1 Å². The van der Waals surface area contributed by atoms with Gasteiger partial charge in [-0.1, -0.05) is 47.0 Å². The first-order valence-corrected chi connectivity index (χ1v) is 6.69. The van der Waals surface area contributed by atoms with Crippen molar-refractivity contribution in [2.75, 3.05) is 14.1 Å². The van der Waals surface area contributed by atoms with E-state index in [4.69, 9.17) is 0 Å². The predicted octanol–water partition coefficient (Wildman–Crippen LogP) is 4.18. The molecule has 0 spiro atoms. The highest BCUT2D eigenvalue weighted by Gasteiger charge is 2.20. The van der Waals surface area contributed by atoms with Crippen LogP contribution in [0, 0.1) is 11.8 Å². The van der Waals surface area contributed by atoms with Crippen molar-refractivity contribution in [3.8, 4) is 0 Å². The van der Waals surface area contributed by atoms with Gasteiger partial charge >= 0.3 is 0 Å². The molecule has 0 amide bonds. The Kier molecular flexibility index (Phi) is 8.13. The monoisotopic (exact) mass is 213 g/mol. The van der Waals surface area contributed by atoms with Crippen molar-refractivity contribution in [2.24, 2.45) is 11.8 Å². The van der Waals surface area contributed by atoms with Crippen LogP contribution in [0.25, 0.3) is 0 Å². The molecule has 2 atom stereocenters. The van der Waals surface area contributed by atoms with Gasteiger partial charge in [0.25, 0.3) is 0 Å². The van der Waals surface area contributed by atoms with E-state index in [1.807, 2.05) is 0 Å². The number of hydrogen-bond donors (Lipinski definition) is 0. The zero-order chi connectivity index (χ0) is 11.8. The van der Waals surface area contributed by atoms with Gasteiger partial charge in [-0.05, 0) is 38.8 Å². The van der Waals surface area contributed by atoms with Crippen LogP contribution in [0.3, 0.4) is 0 Å². The molecule has 92 valence electrons. The molecule has 0 aliphatic carbocycles. The molecule has 0 saturated heterocycles. The fourth-order valence-electron chi connectivity index (χ4n) is 2.43. The summed E-state index contributed by atoms with van der Waals surface area (Å²) in [7, 11) is 4.47. The summed E-state index contributed by atoms with van der Waals surface area (Å²) < 4.78 is 0. The Hall–Kier alpha value is -0.0400. The molecule has 0 aliphatic rings. The first kappa shape index (κ1) is 15.0. The Morgan fingerprint density at radius 3 is 1.87 bits per heavy atom. The first-order chi connectivity index (χ1) is 7.02. The average molecular weight is 213 g/mol. The number of rotatable bonds is 8. The molecule has 1 heteroatoms. The molecule has 2 unspecified atom stereocenters. The second-order valence-electron chi connectivity index (χ2n) is 5.46. The second kappa shape index (κ2) is 8.15. The van der Waals surface area contributed by atoms with Crippen molar-refractivity contribution < 1.29 is 0 Å². The van der Waals surface area contributed by atoms with Crippen LogP contribution < -0.4 is 0 Å². The Morgan fingerprint density at radius 2 is 1.53 bits per heavy atom. The molecule has 0 radical (unpaired) electrons. The van der Waals surface area contributed by atoms with Crippen LogP contribution in [0.5, 0.6) is 0 Å². The minimum Gasteiger partial charge on any atom is -0.306 e. The third-order valence-corrected chi connectivity index (χ3v) is 3.43. The summed E-state index contributed by atoms with van der Waals surface area (Å²) in [5.41, 5.74) is 0. The largest absolute Gasteiger partial charge is 0.306 e. The normalized spacial score (nSPS) is 16.0. The summed E-state index contributed by atoms with van der Waals surface area (Å²) in [5.74, 6) is 1.74. The molecule has 0 aromatic rings.